The second-order valence-electron chi connectivity index (χ2n) is 4.13. The zero-order chi connectivity index (χ0) is 10.4. The number of benzene rings is 1. The van der Waals surface area contributed by atoms with E-state index in [2.05, 4.69) is 40.3 Å². The molecule has 0 unspecified atom stereocenters. The average Bonchev–Trinajstić information content (AvgIpc) is 2.53. The van der Waals surface area contributed by atoms with Crippen LogP contribution in [0.25, 0.3) is 11.0 Å². The lowest BCUT2D eigenvalue weighted by Crippen LogP contribution is -2.32. The van der Waals surface area contributed by atoms with E-state index in [0.717, 1.165) is 28.8 Å². The average molecular weight is 266 g/mol. The third-order valence-corrected chi connectivity index (χ3v) is 3.45. The van der Waals surface area contributed by atoms with Gasteiger partial charge in [0.1, 0.15) is 11.3 Å². The Balaban J connectivity index is 2.23. The van der Waals surface area contributed by atoms with Gasteiger partial charge in [-0.25, -0.2) is 0 Å². The molecule has 1 aromatic carbocycles. The maximum absolute atomic E-state index is 5.87. The Hall–Kier alpha value is -0.800. The van der Waals surface area contributed by atoms with E-state index in [1.54, 1.807) is 0 Å². The summed E-state index contributed by atoms with van der Waals surface area (Å²) in [7, 11) is 0. The van der Waals surface area contributed by atoms with Gasteiger partial charge < -0.3 is 9.73 Å². The highest BCUT2D eigenvalue weighted by molar-refractivity contribution is 9.10. The monoisotopic (exact) mass is 265 g/mol. The second-order valence-corrected chi connectivity index (χ2v) is 5.05. The molecule has 0 radical (unpaired) electrons. The van der Waals surface area contributed by atoms with Crippen LogP contribution >= 0.6 is 15.9 Å². The lowest BCUT2D eigenvalue weighted by Gasteiger charge is -2.18. The zero-order valence-electron chi connectivity index (χ0n) is 8.51. The van der Waals surface area contributed by atoms with Crippen LogP contribution in [-0.2, 0) is 13.0 Å². The molecular weight excluding hydrogens is 254 g/mol. The normalized spacial score (nSPS) is 20.5. The first-order valence-electron chi connectivity index (χ1n) is 5.17. The molecule has 0 saturated carbocycles. The highest BCUT2D eigenvalue weighted by atomic mass is 79.9. The molecule has 15 heavy (non-hydrogen) atoms. The molecule has 1 aliphatic heterocycles. The summed E-state index contributed by atoms with van der Waals surface area (Å²) in [5.41, 5.74) is 2.32. The summed E-state index contributed by atoms with van der Waals surface area (Å²) in [5, 5.41) is 4.70. The molecule has 0 aliphatic carbocycles. The van der Waals surface area contributed by atoms with Crippen molar-refractivity contribution in [2.24, 2.45) is 0 Å². The Morgan fingerprint density at radius 2 is 2.33 bits per heavy atom. The van der Waals surface area contributed by atoms with Crippen LogP contribution in [0, 0.1) is 0 Å². The molecule has 1 aromatic heterocycles. The van der Waals surface area contributed by atoms with Gasteiger partial charge in [0, 0.05) is 34.4 Å². The van der Waals surface area contributed by atoms with Gasteiger partial charge in [0.15, 0.2) is 0 Å². The largest absolute Gasteiger partial charge is 0.461 e. The second kappa shape index (κ2) is 3.35. The fourth-order valence-electron chi connectivity index (χ4n) is 2.16. The summed E-state index contributed by atoms with van der Waals surface area (Å²) in [6.07, 6.45) is 0.988. The molecule has 0 saturated heterocycles. The van der Waals surface area contributed by atoms with Crippen LogP contribution in [0.4, 0.5) is 0 Å². The van der Waals surface area contributed by atoms with E-state index in [4.69, 9.17) is 4.42 Å². The minimum atomic E-state index is 0.515. The molecule has 2 nitrogen and oxygen atoms in total. The SMILES string of the molecule is C[C@H]1Cc2oc3cc(Br)ccc3c2CN1. The van der Waals surface area contributed by atoms with Crippen LogP contribution < -0.4 is 5.32 Å². The van der Waals surface area contributed by atoms with E-state index < -0.39 is 0 Å². The van der Waals surface area contributed by atoms with Crippen molar-refractivity contribution < 1.29 is 4.42 Å². The van der Waals surface area contributed by atoms with Crippen LogP contribution in [0.5, 0.6) is 0 Å². The maximum Gasteiger partial charge on any atom is 0.135 e. The van der Waals surface area contributed by atoms with Gasteiger partial charge in [-0.1, -0.05) is 15.9 Å². The van der Waals surface area contributed by atoms with Gasteiger partial charge in [0.05, 0.1) is 0 Å². The Kier molecular flexibility index (Phi) is 2.11. The van der Waals surface area contributed by atoms with E-state index in [0.29, 0.717) is 6.04 Å². The summed E-state index contributed by atoms with van der Waals surface area (Å²) < 4.78 is 6.94. The zero-order valence-corrected chi connectivity index (χ0v) is 10.1. The highest BCUT2D eigenvalue weighted by Crippen LogP contribution is 2.31. The van der Waals surface area contributed by atoms with E-state index in [1.807, 2.05) is 6.07 Å². The molecule has 2 heterocycles. The molecule has 0 spiro atoms. The first kappa shape index (κ1) is 9.43. The molecule has 1 N–H and O–H groups in total. The van der Waals surface area contributed by atoms with Crippen molar-refractivity contribution in [2.75, 3.05) is 0 Å². The molecule has 1 aliphatic rings. The van der Waals surface area contributed by atoms with Gasteiger partial charge in [0.2, 0.25) is 0 Å². The van der Waals surface area contributed by atoms with E-state index in [1.165, 1.54) is 10.9 Å². The van der Waals surface area contributed by atoms with Crippen LogP contribution in [0.15, 0.2) is 27.1 Å². The van der Waals surface area contributed by atoms with Gasteiger partial charge in [0.25, 0.3) is 0 Å². The predicted octanol–water partition coefficient (Wildman–Crippen LogP) is 3.23. The highest BCUT2D eigenvalue weighted by Gasteiger charge is 2.20. The van der Waals surface area contributed by atoms with Crippen LogP contribution in [0.3, 0.4) is 0 Å². The number of hydrogen-bond donors (Lipinski definition) is 1. The van der Waals surface area contributed by atoms with Gasteiger partial charge >= 0.3 is 0 Å². The lowest BCUT2D eigenvalue weighted by molar-refractivity contribution is 0.439. The summed E-state index contributed by atoms with van der Waals surface area (Å²) >= 11 is 3.46. The van der Waals surface area contributed by atoms with Crippen molar-refractivity contribution in [3.8, 4) is 0 Å². The molecular formula is C12H12BrNO. The fourth-order valence-corrected chi connectivity index (χ4v) is 2.50. The Morgan fingerprint density at radius 1 is 1.47 bits per heavy atom. The molecule has 0 fully saturated rings. The minimum Gasteiger partial charge on any atom is -0.461 e. The van der Waals surface area contributed by atoms with Crippen molar-refractivity contribution >= 4 is 26.9 Å². The Labute approximate surface area is 96.8 Å². The van der Waals surface area contributed by atoms with Crippen molar-refractivity contribution in [1.82, 2.24) is 5.32 Å². The molecule has 78 valence electrons. The summed E-state index contributed by atoms with van der Waals surface area (Å²) in [6.45, 7) is 3.11. The predicted molar refractivity (Wildman–Crippen MR) is 63.9 cm³/mol. The molecule has 1 atom stereocenters. The van der Waals surface area contributed by atoms with E-state index >= 15 is 0 Å². The van der Waals surface area contributed by atoms with Crippen LogP contribution in [0.1, 0.15) is 18.2 Å². The van der Waals surface area contributed by atoms with Crippen molar-refractivity contribution in [3.63, 3.8) is 0 Å². The Bertz CT molecular complexity index is 518. The van der Waals surface area contributed by atoms with Crippen molar-refractivity contribution in [3.05, 3.63) is 34.0 Å². The van der Waals surface area contributed by atoms with Crippen molar-refractivity contribution in [1.29, 1.82) is 0 Å². The molecule has 0 amide bonds. The van der Waals surface area contributed by atoms with Crippen molar-refractivity contribution in [2.45, 2.75) is 25.9 Å². The Morgan fingerprint density at radius 3 is 3.20 bits per heavy atom. The van der Waals surface area contributed by atoms with Gasteiger partial charge in [-0.05, 0) is 25.1 Å². The molecule has 0 bridgehead atoms. The number of nitrogens with one attached hydrogen (secondary N) is 1. The first-order valence-corrected chi connectivity index (χ1v) is 5.96. The number of hydrogen-bond acceptors (Lipinski definition) is 2. The molecule has 3 rings (SSSR count). The fraction of sp³-hybridized carbons (Fsp3) is 0.333. The van der Waals surface area contributed by atoms with Gasteiger partial charge in [-0.15, -0.1) is 0 Å². The molecule has 2 aromatic rings. The smallest absolute Gasteiger partial charge is 0.135 e. The summed E-state index contributed by atoms with van der Waals surface area (Å²) in [6, 6.07) is 6.75. The maximum atomic E-state index is 5.87. The van der Waals surface area contributed by atoms with Crippen LogP contribution in [-0.4, -0.2) is 6.04 Å². The summed E-state index contributed by atoms with van der Waals surface area (Å²) in [4.78, 5) is 0. The number of halogens is 1. The van der Waals surface area contributed by atoms with E-state index in [9.17, 15) is 0 Å². The third kappa shape index (κ3) is 1.50. The minimum absolute atomic E-state index is 0.515. The number of furan rings is 1. The first-order chi connectivity index (χ1) is 7.24. The lowest BCUT2D eigenvalue weighted by atomic mass is 10.0. The summed E-state index contributed by atoms with van der Waals surface area (Å²) in [5.74, 6) is 1.15. The standard InChI is InChI=1S/C12H12BrNO/c1-7-4-11-10(6-14-7)9-3-2-8(13)5-12(9)15-11/h2-3,5,7,14H,4,6H2,1H3/t7-/m0/s1. The van der Waals surface area contributed by atoms with E-state index in [-0.39, 0.29) is 0 Å². The quantitative estimate of drug-likeness (QED) is 0.792. The topological polar surface area (TPSA) is 25.2 Å². The molecule has 3 heteroatoms. The van der Waals surface area contributed by atoms with Crippen LogP contribution in [0.2, 0.25) is 0 Å². The third-order valence-electron chi connectivity index (χ3n) is 2.96. The van der Waals surface area contributed by atoms with Gasteiger partial charge in [-0.2, -0.15) is 0 Å². The van der Waals surface area contributed by atoms with Gasteiger partial charge in [-0.3, -0.25) is 0 Å². The number of rotatable bonds is 0. The number of fused-ring (bicyclic) bond motifs is 3.